The third-order valence-electron chi connectivity index (χ3n) is 7.61. The van der Waals surface area contributed by atoms with Crippen molar-refractivity contribution in [2.24, 2.45) is 7.05 Å². The molecule has 5 aromatic rings. The van der Waals surface area contributed by atoms with Crippen molar-refractivity contribution in [1.29, 1.82) is 0 Å². The molecule has 3 aliphatic heterocycles. The van der Waals surface area contributed by atoms with E-state index in [2.05, 4.69) is 87.8 Å². The standard InChI is InChI=1S/C31H23BN4O2/c1-34-15-14-33-31(34)21-10-12-26-24(18-21)32-25-19-23(36-17-16-35(20-36)22-6-3-2-4-7-22)11-13-27(25)38-29-9-5-8-28(37-26)30(29)32/h2-19H,20H2,1H3. The van der Waals surface area contributed by atoms with Crippen LogP contribution in [0.2, 0.25) is 0 Å². The number of rotatable bonds is 3. The van der Waals surface area contributed by atoms with Crippen molar-refractivity contribution in [2.75, 3.05) is 16.5 Å². The third-order valence-corrected chi connectivity index (χ3v) is 7.61. The lowest BCUT2D eigenvalue weighted by molar-refractivity contribution is 0.464. The van der Waals surface area contributed by atoms with E-state index in [0.29, 0.717) is 0 Å². The molecular formula is C31H23BN4O2. The number of benzene rings is 4. The highest BCUT2D eigenvalue weighted by Crippen LogP contribution is 2.36. The Morgan fingerprint density at radius 2 is 1.42 bits per heavy atom. The molecule has 6 nitrogen and oxygen atoms in total. The van der Waals surface area contributed by atoms with Gasteiger partial charge in [-0.3, -0.25) is 0 Å². The van der Waals surface area contributed by atoms with Gasteiger partial charge in [-0.15, -0.1) is 0 Å². The van der Waals surface area contributed by atoms with Crippen LogP contribution in [0.1, 0.15) is 0 Å². The number of nitrogens with zero attached hydrogens (tertiary/aromatic N) is 4. The summed E-state index contributed by atoms with van der Waals surface area (Å²) in [7, 11) is 2.02. The Bertz CT molecular complexity index is 1730. The molecule has 0 saturated heterocycles. The SMILES string of the molecule is Cn1ccnc1-c1ccc2c(c1)B1c3cc(N4C=CN(c5ccccc5)C4)ccc3Oc3cccc(c31)O2. The first-order valence-corrected chi connectivity index (χ1v) is 12.7. The second-order valence-electron chi connectivity index (χ2n) is 9.86. The van der Waals surface area contributed by atoms with E-state index in [-0.39, 0.29) is 6.71 Å². The maximum atomic E-state index is 6.43. The molecule has 4 aromatic carbocycles. The average Bonchev–Trinajstić information content (AvgIpc) is 3.63. The monoisotopic (exact) mass is 494 g/mol. The molecule has 3 aliphatic rings. The molecule has 0 saturated carbocycles. The fourth-order valence-electron chi connectivity index (χ4n) is 5.76. The molecule has 0 bridgehead atoms. The highest BCUT2D eigenvalue weighted by Gasteiger charge is 2.40. The van der Waals surface area contributed by atoms with Crippen LogP contribution in [0.4, 0.5) is 11.4 Å². The number of anilines is 2. The van der Waals surface area contributed by atoms with Gasteiger partial charge in [-0.1, -0.05) is 30.3 Å². The summed E-state index contributed by atoms with van der Waals surface area (Å²) < 4.78 is 14.9. The lowest BCUT2D eigenvalue weighted by atomic mass is 9.34. The van der Waals surface area contributed by atoms with Crippen molar-refractivity contribution in [1.82, 2.24) is 9.55 Å². The Morgan fingerprint density at radius 3 is 2.16 bits per heavy atom. The topological polar surface area (TPSA) is 42.8 Å². The van der Waals surface area contributed by atoms with E-state index < -0.39 is 0 Å². The smallest absolute Gasteiger partial charge is 0.260 e. The predicted molar refractivity (Wildman–Crippen MR) is 152 cm³/mol. The summed E-state index contributed by atoms with van der Waals surface area (Å²) in [6, 6.07) is 29.3. The highest BCUT2D eigenvalue weighted by atomic mass is 16.5. The fraction of sp³-hybridized carbons (Fsp3) is 0.0645. The molecule has 7 heteroatoms. The molecule has 0 spiro atoms. The minimum Gasteiger partial charge on any atom is -0.458 e. The summed E-state index contributed by atoms with van der Waals surface area (Å²) in [4.78, 5) is 9.09. The zero-order valence-corrected chi connectivity index (χ0v) is 20.8. The molecule has 0 N–H and O–H groups in total. The van der Waals surface area contributed by atoms with E-state index >= 15 is 0 Å². The minimum atomic E-state index is -0.00863. The van der Waals surface area contributed by atoms with Gasteiger partial charge in [-0.2, -0.15) is 0 Å². The molecule has 8 rings (SSSR count). The number of hydrogen-bond acceptors (Lipinski definition) is 5. The molecule has 0 unspecified atom stereocenters. The van der Waals surface area contributed by atoms with E-state index in [1.54, 1.807) is 0 Å². The molecule has 4 heterocycles. The van der Waals surface area contributed by atoms with Crippen LogP contribution in [0, 0.1) is 0 Å². The number of imidazole rings is 1. The molecule has 182 valence electrons. The van der Waals surface area contributed by atoms with E-state index in [0.717, 1.165) is 63.1 Å². The van der Waals surface area contributed by atoms with Gasteiger partial charge in [0.2, 0.25) is 0 Å². The van der Waals surface area contributed by atoms with Crippen LogP contribution in [0.5, 0.6) is 23.0 Å². The summed E-state index contributed by atoms with van der Waals surface area (Å²) in [5, 5.41) is 0. The number of para-hydroxylation sites is 1. The summed E-state index contributed by atoms with van der Waals surface area (Å²) in [5.74, 6) is 4.36. The average molecular weight is 494 g/mol. The number of fused-ring (bicyclic) bond motifs is 4. The van der Waals surface area contributed by atoms with Crippen molar-refractivity contribution in [2.45, 2.75) is 0 Å². The van der Waals surface area contributed by atoms with Crippen LogP contribution in [0.3, 0.4) is 0 Å². The van der Waals surface area contributed by atoms with Crippen molar-refractivity contribution in [3.8, 4) is 34.4 Å². The molecule has 38 heavy (non-hydrogen) atoms. The molecule has 0 radical (unpaired) electrons. The highest BCUT2D eigenvalue weighted by molar-refractivity contribution is 6.98. The zero-order valence-electron chi connectivity index (χ0n) is 20.8. The van der Waals surface area contributed by atoms with Gasteiger partial charge >= 0.3 is 0 Å². The first-order valence-electron chi connectivity index (χ1n) is 12.7. The Morgan fingerprint density at radius 1 is 0.711 bits per heavy atom. The van der Waals surface area contributed by atoms with Crippen LogP contribution in [0.15, 0.2) is 110 Å². The number of aryl methyl sites for hydroxylation is 1. The molecular weight excluding hydrogens is 471 g/mol. The van der Waals surface area contributed by atoms with E-state index in [9.17, 15) is 0 Å². The molecule has 0 fully saturated rings. The molecule has 0 amide bonds. The van der Waals surface area contributed by atoms with Gasteiger partial charge in [0.25, 0.3) is 6.71 Å². The number of ether oxygens (including phenoxy) is 2. The molecule has 0 aliphatic carbocycles. The second kappa shape index (κ2) is 8.05. The third kappa shape index (κ3) is 3.18. The quantitative estimate of drug-likeness (QED) is 0.337. The maximum Gasteiger partial charge on any atom is 0.260 e. The van der Waals surface area contributed by atoms with Gasteiger partial charge in [-0.05, 0) is 65.5 Å². The Kier molecular flexibility index (Phi) is 4.49. The van der Waals surface area contributed by atoms with E-state index in [4.69, 9.17) is 9.47 Å². The summed E-state index contributed by atoms with van der Waals surface area (Å²) >= 11 is 0. The van der Waals surface area contributed by atoms with Gasteiger partial charge < -0.3 is 23.8 Å². The van der Waals surface area contributed by atoms with Crippen LogP contribution in [-0.2, 0) is 7.05 Å². The van der Waals surface area contributed by atoms with Crippen molar-refractivity contribution in [3.63, 3.8) is 0 Å². The van der Waals surface area contributed by atoms with Crippen LogP contribution in [0.25, 0.3) is 11.4 Å². The first kappa shape index (κ1) is 21.2. The van der Waals surface area contributed by atoms with Crippen molar-refractivity contribution in [3.05, 3.63) is 110 Å². The lowest BCUT2D eigenvalue weighted by Crippen LogP contribution is -2.57. The maximum absolute atomic E-state index is 6.43. The summed E-state index contributed by atoms with van der Waals surface area (Å²) in [6.07, 6.45) is 8.06. The first-order chi connectivity index (χ1) is 18.7. The normalized spacial score (nSPS) is 14.5. The summed E-state index contributed by atoms with van der Waals surface area (Å²) in [6.45, 7) is 0.741. The van der Waals surface area contributed by atoms with Crippen molar-refractivity contribution >= 4 is 34.5 Å². The Labute approximate surface area is 221 Å². The fourth-order valence-corrected chi connectivity index (χ4v) is 5.76. The van der Waals surface area contributed by atoms with Crippen molar-refractivity contribution < 1.29 is 9.47 Å². The van der Waals surface area contributed by atoms with E-state index in [1.807, 2.05) is 48.3 Å². The minimum absolute atomic E-state index is 0.00863. The van der Waals surface area contributed by atoms with E-state index in [1.165, 1.54) is 5.69 Å². The second-order valence-corrected chi connectivity index (χ2v) is 9.86. The predicted octanol–water partition coefficient (Wildman–Crippen LogP) is 4.57. The summed E-state index contributed by atoms with van der Waals surface area (Å²) in [5.41, 5.74) is 6.68. The number of hydrogen-bond donors (Lipinski definition) is 0. The van der Waals surface area contributed by atoms with Gasteiger partial charge in [0, 0.05) is 54.2 Å². The largest absolute Gasteiger partial charge is 0.458 e. The van der Waals surface area contributed by atoms with Gasteiger partial charge in [0.1, 0.15) is 28.8 Å². The van der Waals surface area contributed by atoms with Crippen LogP contribution in [-0.4, -0.2) is 22.9 Å². The lowest BCUT2D eigenvalue weighted by Gasteiger charge is -2.33. The Balaban J connectivity index is 1.24. The molecule has 1 aromatic heterocycles. The number of aromatic nitrogens is 2. The molecule has 0 atom stereocenters. The van der Waals surface area contributed by atoms with Gasteiger partial charge in [-0.25, -0.2) is 4.98 Å². The van der Waals surface area contributed by atoms with Crippen LogP contribution >= 0.6 is 0 Å². The van der Waals surface area contributed by atoms with Gasteiger partial charge in [0.05, 0.1) is 6.67 Å². The van der Waals surface area contributed by atoms with Crippen LogP contribution < -0.4 is 35.7 Å². The zero-order chi connectivity index (χ0) is 25.2. The van der Waals surface area contributed by atoms with Gasteiger partial charge in [0.15, 0.2) is 0 Å². The Hall–Kier alpha value is -4.91.